The second-order valence-corrected chi connectivity index (χ2v) is 5.13. The number of hydrogen-bond acceptors (Lipinski definition) is 1. The van der Waals surface area contributed by atoms with Crippen LogP contribution in [-0.4, -0.2) is 13.0 Å². The van der Waals surface area contributed by atoms with E-state index in [1.165, 1.54) is 22.3 Å². The van der Waals surface area contributed by atoms with Crippen LogP contribution < -0.4 is 10.6 Å². The molecule has 2 rings (SSSR count). The third kappa shape index (κ3) is 5.33. The van der Waals surface area contributed by atoms with Gasteiger partial charge in [-0.3, -0.25) is 4.99 Å². The summed E-state index contributed by atoms with van der Waals surface area (Å²) in [6.07, 6.45) is 0. The van der Waals surface area contributed by atoms with Gasteiger partial charge in [-0.25, -0.2) is 0 Å². The van der Waals surface area contributed by atoms with Crippen LogP contribution in [-0.2, 0) is 13.1 Å². The average molecular weight is 409 g/mol. The summed E-state index contributed by atoms with van der Waals surface area (Å²) in [4.78, 5) is 4.27. The van der Waals surface area contributed by atoms with Gasteiger partial charge in [0.25, 0.3) is 0 Å². The lowest BCUT2D eigenvalue weighted by Gasteiger charge is -2.14. The number of hydrogen-bond donors (Lipinski definition) is 2. The van der Waals surface area contributed by atoms with Crippen LogP contribution in [0.25, 0.3) is 0 Å². The fourth-order valence-corrected chi connectivity index (χ4v) is 2.20. The predicted octanol–water partition coefficient (Wildman–Crippen LogP) is 3.79. The van der Waals surface area contributed by atoms with E-state index in [0.717, 1.165) is 19.0 Å². The van der Waals surface area contributed by atoms with Crippen molar-refractivity contribution in [3.8, 4) is 0 Å². The molecule has 0 fully saturated rings. The fraction of sp³-hybridized carbons (Fsp3) is 0.278. The molecule has 0 saturated heterocycles. The van der Waals surface area contributed by atoms with E-state index in [1.807, 2.05) is 0 Å². The molecule has 0 aliphatic rings. The van der Waals surface area contributed by atoms with Crippen molar-refractivity contribution >= 4 is 29.9 Å². The summed E-state index contributed by atoms with van der Waals surface area (Å²) in [5.74, 6) is 0.821. The van der Waals surface area contributed by atoms with Crippen molar-refractivity contribution in [3.63, 3.8) is 0 Å². The second kappa shape index (κ2) is 9.46. The third-order valence-electron chi connectivity index (χ3n) is 3.64. The SMILES string of the molecule is CN=C(NCc1ccccc1C)NCc1ccccc1C.I. The summed E-state index contributed by atoms with van der Waals surface area (Å²) >= 11 is 0. The van der Waals surface area contributed by atoms with Crippen LogP contribution in [0.2, 0.25) is 0 Å². The van der Waals surface area contributed by atoms with Crippen LogP contribution in [0.1, 0.15) is 22.3 Å². The van der Waals surface area contributed by atoms with E-state index >= 15 is 0 Å². The number of aryl methyl sites for hydroxylation is 2. The number of aliphatic imine (C=N–C) groups is 1. The molecule has 2 aromatic carbocycles. The Morgan fingerprint density at radius 3 is 1.59 bits per heavy atom. The van der Waals surface area contributed by atoms with Gasteiger partial charge in [-0.1, -0.05) is 48.5 Å². The Labute approximate surface area is 150 Å². The summed E-state index contributed by atoms with van der Waals surface area (Å²) in [5, 5.41) is 6.71. The molecule has 22 heavy (non-hydrogen) atoms. The lowest BCUT2D eigenvalue weighted by Crippen LogP contribution is -2.36. The molecule has 0 radical (unpaired) electrons. The Hall–Kier alpha value is -1.56. The normalized spacial score (nSPS) is 9.59. The van der Waals surface area contributed by atoms with Crippen molar-refractivity contribution < 1.29 is 0 Å². The fourth-order valence-electron chi connectivity index (χ4n) is 2.20. The van der Waals surface area contributed by atoms with Gasteiger partial charge in [-0.15, -0.1) is 24.0 Å². The summed E-state index contributed by atoms with van der Waals surface area (Å²) in [7, 11) is 1.80. The van der Waals surface area contributed by atoms with E-state index < -0.39 is 0 Å². The van der Waals surface area contributed by atoms with Gasteiger partial charge >= 0.3 is 0 Å². The number of nitrogens with zero attached hydrogens (tertiary/aromatic N) is 1. The van der Waals surface area contributed by atoms with Gasteiger partial charge in [0.2, 0.25) is 0 Å². The molecule has 2 aromatic rings. The highest BCUT2D eigenvalue weighted by atomic mass is 127. The van der Waals surface area contributed by atoms with Crippen molar-refractivity contribution in [3.05, 3.63) is 70.8 Å². The first-order valence-electron chi connectivity index (χ1n) is 7.24. The van der Waals surface area contributed by atoms with Crippen molar-refractivity contribution in [2.45, 2.75) is 26.9 Å². The minimum absolute atomic E-state index is 0. The summed E-state index contributed by atoms with van der Waals surface area (Å²) < 4.78 is 0. The number of nitrogens with one attached hydrogen (secondary N) is 2. The van der Waals surface area contributed by atoms with Crippen LogP contribution in [0.15, 0.2) is 53.5 Å². The van der Waals surface area contributed by atoms with Crippen LogP contribution >= 0.6 is 24.0 Å². The Balaban J connectivity index is 0.00000242. The molecule has 0 aliphatic carbocycles. The van der Waals surface area contributed by atoms with Gasteiger partial charge in [0.1, 0.15) is 0 Å². The first-order valence-corrected chi connectivity index (χ1v) is 7.24. The van der Waals surface area contributed by atoms with E-state index in [2.05, 4.69) is 78.0 Å². The largest absolute Gasteiger partial charge is 0.352 e. The second-order valence-electron chi connectivity index (χ2n) is 5.13. The van der Waals surface area contributed by atoms with Gasteiger partial charge in [-0.2, -0.15) is 0 Å². The van der Waals surface area contributed by atoms with E-state index in [4.69, 9.17) is 0 Å². The van der Waals surface area contributed by atoms with Gasteiger partial charge < -0.3 is 10.6 Å². The zero-order valence-corrected chi connectivity index (χ0v) is 15.7. The van der Waals surface area contributed by atoms with Gasteiger partial charge in [0, 0.05) is 20.1 Å². The molecule has 2 N–H and O–H groups in total. The van der Waals surface area contributed by atoms with E-state index in [0.29, 0.717) is 0 Å². The smallest absolute Gasteiger partial charge is 0.191 e. The zero-order chi connectivity index (χ0) is 15.1. The number of halogens is 1. The first kappa shape index (κ1) is 18.5. The molecular weight excluding hydrogens is 385 g/mol. The van der Waals surface area contributed by atoms with Crippen molar-refractivity contribution in [1.29, 1.82) is 0 Å². The molecule has 0 amide bonds. The van der Waals surface area contributed by atoms with Crippen molar-refractivity contribution in [2.75, 3.05) is 7.05 Å². The van der Waals surface area contributed by atoms with E-state index in [1.54, 1.807) is 7.05 Å². The number of benzene rings is 2. The van der Waals surface area contributed by atoms with Crippen LogP contribution in [0, 0.1) is 13.8 Å². The summed E-state index contributed by atoms with van der Waals surface area (Å²) in [5.41, 5.74) is 5.16. The molecule has 4 heteroatoms. The summed E-state index contributed by atoms with van der Waals surface area (Å²) in [6.45, 7) is 5.81. The van der Waals surface area contributed by atoms with Crippen LogP contribution in [0.4, 0.5) is 0 Å². The monoisotopic (exact) mass is 409 g/mol. The number of guanidine groups is 1. The molecule has 0 saturated carbocycles. The highest BCUT2D eigenvalue weighted by Gasteiger charge is 2.02. The van der Waals surface area contributed by atoms with E-state index in [-0.39, 0.29) is 24.0 Å². The Morgan fingerprint density at radius 2 is 1.23 bits per heavy atom. The van der Waals surface area contributed by atoms with Gasteiger partial charge in [0.05, 0.1) is 0 Å². The zero-order valence-electron chi connectivity index (χ0n) is 13.4. The maximum Gasteiger partial charge on any atom is 0.191 e. The molecule has 0 aromatic heterocycles. The van der Waals surface area contributed by atoms with Gasteiger partial charge in [-0.05, 0) is 36.1 Å². The molecule has 0 aliphatic heterocycles. The standard InChI is InChI=1S/C18H23N3.HI/c1-14-8-4-6-10-16(14)12-20-18(19-3)21-13-17-11-7-5-9-15(17)2;/h4-11H,12-13H2,1-3H3,(H2,19,20,21);1H. The minimum atomic E-state index is 0. The maximum absolute atomic E-state index is 4.27. The Morgan fingerprint density at radius 1 is 0.818 bits per heavy atom. The quantitative estimate of drug-likeness (QED) is 0.458. The van der Waals surface area contributed by atoms with Crippen LogP contribution in [0.3, 0.4) is 0 Å². The molecule has 0 atom stereocenters. The lowest BCUT2D eigenvalue weighted by molar-refractivity contribution is 0.803. The summed E-state index contributed by atoms with van der Waals surface area (Å²) in [6, 6.07) is 16.8. The molecule has 118 valence electrons. The van der Waals surface area contributed by atoms with Gasteiger partial charge in [0.15, 0.2) is 5.96 Å². The molecule has 0 bridgehead atoms. The Kier molecular flexibility index (Phi) is 7.95. The third-order valence-corrected chi connectivity index (χ3v) is 3.64. The molecule has 0 unspecified atom stereocenters. The van der Waals surface area contributed by atoms with Crippen molar-refractivity contribution in [1.82, 2.24) is 10.6 Å². The Bertz CT molecular complexity index is 572. The topological polar surface area (TPSA) is 36.4 Å². The molecule has 0 heterocycles. The average Bonchev–Trinajstić information content (AvgIpc) is 2.50. The van der Waals surface area contributed by atoms with Crippen molar-refractivity contribution in [2.24, 2.45) is 4.99 Å². The lowest BCUT2D eigenvalue weighted by atomic mass is 10.1. The first-order chi connectivity index (χ1) is 10.2. The van der Waals surface area contributed by atoms with Crippen LogP contribution in [0.5, 0.6) is 0 Å². The molecule has 0 spiro atoms. The minimum Gasteiger partial charge on any atom is -0.352 e. The molecular formula is C18H24IN3. The maximum atomic E-state index is 4.27. The highest BCUT2D eigenvalue weighted by molar-refractivity contribution is 14.0. The highest BCUT2D eigenvalue weighted by Crippen LogP contribution is 2.07. The molecule has 3 nitrogen and oxygen atoms in total. The van der Waals surface area contributed by atoms with E-state index in [9.17, 15) is 0 Å². The number of rotatable bonds is 4. The predicted molar refractivity (Wildman–Crippen MR) is 105 cm³/mol.